The molecule has 6 atom stereocenters. The van der Waals surface area contributed by atoms with E-state index >= 15 is 0 Å². The lowest BCUT2D eigenvalue weighted by atomic mass is 10.1. The Kier molecular flexibility index (Phi) is 14.2. The molecular weight excluding hydrogens is 866 g/mol. The van der Waals surface area contributed by atoms with Gasteiger partial charge in [0.05, 0.1) is 17.8 Å². The molecule has 0 aliphatic carbocycles. The third-order valence-electron chi connectivity index (χ3n) is 13.2. The lowest BCUT2D eigenvalue weighted by Crippen LogP contribution is -2.67. The summed E-state index contributed by atoms with van der Waals surface area (Å²) in [4.78, 5) is 36.3. The molecule has 17 heteroatoms. The Morgan fingerprint density at radius 2 is 1.50 bits per heavy atom. The third-order valence-corrected chi connectivity index (χ3v) is 23.5. The maximum Gasteiger partial charge on any atom is 0.754 e. The highest BCUT2D eigenvalue weighted by molar-refractivity contribution is 7.33. The number of carbonyl (C=O) groups is 1. The second-order valence-electron chi connectivity index (χ2n) is 19.6. The zero-order valence-electron chi connectivity index (χ0n) is 38.4. The highest BCUT2D eigenvalue weighted by Crippen LogP contribution is 2.51. The number of aliphatic hydroxyl groups is 1. The van der Waals surface area contributed by atoms with E-state index < -0.39 is 65.7 Å². The van der Waals surface area contributed by atoms with E-state index in [1.54, 1.807) is 30.3 Å². The zero-order valence-corrected chi connectivity index (χ0v) is 41.3. The Bertz CT molecular complexity index is 2320. The predicted molar refractivity (Wildman–Crippen MR) is 253 cm³/mol. The van der Waals surface area contributed by atoms with Gasteiger partial charge in [0.2, 0.25) is 5.84 Å². The molecule has 0 saturated carbocycles. The molecule has 1 aromatic heterocycles. The van der Waals surface area contributed by atoms with Gasteiger partial charge in [0, 0.05) is 35.6 Å². The summed E-state index contributed by atoms with van der Waals surface area (Å²) < 4.78 is 49.9. The van der Waals surface area contributed by atoms with Gasteiger partial charge in [0.25, 0.3) is 20.0 Å². The van der Waals surface area contributed by atoms with Gasteiger partial charge in [0.1, 0.15) is 31.1 Å². The number of anilines is 1. The fourth-order valence-corrected chi connectivity index (χ4v) is 15.7. The smallest absolute Gasteiger partial charge is 0.406 e. The van der Waals surface area contributed by atoms with Crippen molar-refractivity contribution in [2.24, 2.45) is 4.99 Å². The first-order valence-electron chi connectivity index (χ1n) is 22.3. The molecule has 2 N–H and O–H groups in total. The van der Waals surface area contributed by atoms with Crippen LogP contribution in [0.25, 0.3) is 0 Å². The minimum atomic E-state index is -3.20. The first kappa shape index (κ1) is 47.9. The standard InChI is InChI=1S/C47H63N5O9PSi2/c1-45(2,3)63(7,8)59-41-38(34-57-64(46(4,5)6,36-24-15-10-16-25-36)37-26-17-11-18-27-37)58-43(51-31-29-39(50-44(51)54)49-42(53)35-22-13-9-14-23-35)47(41,55)60-62(56)61-52-32-20-12-19-28-40(52)48-30-21-33-52/h9-11,13-18,22-27,29,31,38,41,43,55H,12,19-21,28,30,32-34H2,1-8H3/q+1/p+1/t38-,41?,43-,47?,52?/m1/s1. The van der Waals surface area contributed by atoms with E-state index in [0.29, 0.717) is 31.6 Å². The Labute approximate surface area is 379 Å². The number of hydroxylamine groups is 3. The SMILES string of the molecule is CC(C)(C)[Si](C)(C)OC1[C@@H](CO[Si](c2ccccc2)(c2ccccc2)C(C)(C)C)O[C@@H](n2ccc(NC(=O)c3ccccc3)nc2=O)C1(O)O[P+](=O)O[N+]12CCCCCC1=NCCC2. The Morgan fingerprint density at radius 3 is 2.09 bits per heavy atom. The molecule has 1 amide bonds. The van der Waals surface area contributed by atoms with Gasteiger partial charge >= 0.3 is 13.9 Å². The van der Waals surface area contributed by atoms with Gasteiger partial charge in [-0.1, -0.05) is 130 Å². The molecule has 342 valence electrons. The number of aromatic nitrogens is 2. The molecule has 0 radical (unpaired) electrons. The van der Waals surface area contributed by atoms with Crippen LogP contribution in [0.2, 0.25) is 23.2 Å². The maximum absolute atomic E-state index is 14.6. The summed E-state index contributed by atoms with van der Waals surface area (Å²) in [5.74, 6) is -2.26. The number of ether oxygens (including phenoxy) is 1. The van der Waals surface area contributed by atoms with Crippen LogP contribution < -0.4 is 21.4 Å². The number of benzene rings is 3. The Hall–Kier alpha value is -4.07. The average Bonchev–Trinajstić information content (AvgIpc) is 3.36. The van der Waals surface area contributed by atoms with Crippen LogP contribution in [0.15, 0.2) is 113 Å². The van der Waals surface area contributed by atoms with Crippen molar-refractivity contribution in [1.29, 1.82) is 0 Å². The summed E-state index contributed by atoms with van der Waals surface area (Å²) in [5, 5.41) is 17.3. The number of fused-ring (bicyclic) bond motifs is 1. The van der Waals surface area contributed by atoms with Gasteiger partial charge < -0.3 is 24.0 Å². The van der Waals surface area contributed by atoms with Crippen molar-refractivity contribution >= 4 is 52.8 Å². The number of nitrogens with zero attached hydrogens (tertiary/aromatic N) is 4. The molecule has 4 aromatic rings. The van der Waals surface area contributed by atoms with E-state index in [4.69, 9.17) is 27.7 Å². The summed E-state index contributed by atoms with van der Waals surface area (Å²) in [7, 11) is -9.16. The summed E-state index contributed by atoms with van der Waals surface area (Å²) in [6.07, 6.45) is 1.48. The summed E-state index contributed by atoms with van der Waals surface area (Å²) in [6.45, 7) is 18.5. The van der Waals surface area contributed by atoms with Crippen LogP contribution in [-0.4, -0.2) is 91.9 Å². The van der Waals surface area contributed by atoms with Gasteiger partial charge in [-0.15, -0.1) is 0 Å². The minimum Gasteiger partial charge on any atom is -0.406 e. The number of quaternary nitrogens is 1. The third kappa shape index (κ3) is 9.73. The van der Waals surface area contributed by atoms with E-state index in [1.807, 2.05) is 49.5 Å². The normalized spacial score (nSPS) is 24.6. The molecule has 3 aromatic carbocycles. The largest absolute Gasteiger partial charge is 0.754 e. The average molecular weight is 930 g/mol. The second-order valence-corrected chi connectivity index (χ2v) is 29.4. The fraction of sp³-hybridized carbons (Fsp3) is 0.489. The van der Waals surface area contributed by atoms with Crippen molar-refractivity contribution < 1.29 is 41.8 Å². The van der Waals surface area contributed by atoms with Gasteiger partial charge in [-0.05, 0) is 64.6 Å². The van der Waals surface area contributed by atoms with E-state index in [1.165, 1.54) is 12.3 Å². The fourth-order valence-electron chi connectivity index (χ4n) is 8.83. The molecule has 7 rings (SSSR count). The molecule has 14 nitrogen and oxygen atoms in total. The number of amides is 1. The minimum absolute atomic E-state index is 0.0125. The van der Waals surface area contributed by atoms with Gasteiger partial charge in [-0.3, -0.25) is 9.36 Å². The number of hydrogen-bond donors (Lipinski definition) is 2. The topological polar surface area (TPSA) is 160 Å². The summed E-state index contributed by atoms with van der Waals surface area (Å²) in [6, 6.07) is 30.3. The molecule has 4 heterocycles. The van der Waals surface area contributed by atoms with Crippen molar-refractivity contribution in [1.82, 2.24) is 9.55 Å². The van der Waals surface area contributed by atoms with Crippen molar-refractivity contribution in [3.05, 3.63) is 119 Å². The van der Waals surface area contributed by atoms with Crippen molar-refractivity contribution in [2.45, 2.75) is 121 Å². The van der Waals surface area contributed by atoms with Gasteiger partial charge in [-0.25, -0.2) is 9.79 Å². The van der Waals surface area contributed by atoms with Crippen molar-refractivity contribution in [2.75, 3.05) is 31.6 Å². The van der Waals surface area contributed by atoms with E-state index in [9.17, 15) is 19.3 Å². The summed E-state index contributed by atoms with van der Waals surface area (Å²) in [5.41, 5.74) is -0.486. The molecule has 2 saturated heterocycles. The highest BCUT2D eigenvalue weighted by atomic mass is 31.1. The molecule has 0 bridgehead atoms. The van der Waals surface area contributed by atoms with Gasteiger partial charge in [-0.2, -0.15) is 4.98 Å². The van der Waals surface area contributed by atoms with Crippen LogP contribution in [0.4, 0.5) is 5.82 Å². The number of hydrogen-bond acceptors (Lipinski definition) is 11. The van der Waals surface area contributed by atoms with Crippen LogP contribution in [-0.2, 0) is 27.3 Å². The van der Waals surface area contributed by atoms with Crippen LogP contribution in [0, 0.1) is 0 Å². The molecule has 4 unspecified atom stereocenters. The lowest BCUT2D eigenvalue weighted by molar-refractivity contribution is -1.01. The van der Waals surface area contributed by atoms with Crippen LogP contribution in [0.5, 0.6) is 0 Å². The lowest BCUT2D eigenvalue weighted by Gasteiger charge is -2.44. The number of aliphatic imine (C=N–C) groups is 1. The maximum atomic E-state index is 14.6. The molecular formula is C47H64N5O9PSi2+2. The van der Waals surface area contributed by atoms with Crippen molar-refractivity contribution in [3.63, 3.8) is 0 Å². The van der Waals surface area contributed by atoms with E-state index in [2.05, 4.69) is 76.1 Å². The number of amidine groups is 1. The van der Waals surface area contributed by atoms with E-state index in [-0.39, 0.29) is 22.1 Å². The van der Waals surface area contributed by atoms with Crippen LogP contribution >= 0.6 is 8.25 Å². The zero-order chi connectivity index (χ0) is 46.0. The molecule has 3 aliphatic heterocycles. The monoisotopic (exact) mass is 929 g/mol. The highest BCUT2D eigenvalue weighted by Gasteiger charge is 2.68. The Morgan fingerprint density at radius 1 is 0.891 bits per heavy atom. The number of rotatable bonds is 14. The van der Waals surface area contributed by atoms with Crippen LogP contribution in [0.1, 0.15) is 90.2 Å². The summed E-state index contributed by atoms with van der Waals surface area (Å²) >= 11 is 0. The molecule has 2 fully saturated rings. The molecule has 64 heavy (non-hydrogen) atoms. The van der Waals surface area contributed by atoms with Crippen LogP contribution in [0.3, 0.4) is 0 Å². The predicted octanol–water partition coefficient (Wildman–Crippen LogP) is 7.85. The second kappa shape index (κ2) is 19.0. The first-order chi connectivity index (χ1) is 30.3. The van der Waals surface area contributed by atoms with Crippen molar-refractivity contribution in [3.8, 4) is 0 Å². The quantitative estimate of drug-likeness (QED) is 0.0552. The number of nitrogens with one attached hydrogen (secondary N) is 1. The Balaban J connectivity index is 1.33. The van der Waals surface area contributed by atoms with Gasteiger partial charge in [0.15, 0.2) is 14.5 Å². The van der Waals surface area contributed by atoms with E-state index in [0.717, 1.165) is 46.5 Å². The number of carbonyl (C=O) groups excluding carboxylic acids is 1. The first-order valence-corrected chi connectivity index (χ1v) is 28.2. The molecule has 3 aliphatic rings. The molecule has 0 spiro atoms.